The second-order valence-corrected chi connectivity index (χ2v) is 8.14. The van der Waals surface area contributed by atoms with Crippen molar-refractivity contribution in [3.63, 3.8) is 0 Å². The number of halogens is 1. The van der Waals surface area contributed by atoms with Crippen LogP contribution in [0.3, 0.4) is 0 Å². The van der Waals surface area contributed by atoms with Crippen molar-refractivity contribution in [2.75, 3.05) is 26.1 Å². The molecule has 0 aliphatic carbocycles. The number of nitrogens with one attached hydrogen (secondary N) is 2. The minimum absolute atomic E-state index is 0.543. The van der Waals surface area contributed by atoms with E-state index >= 15 is 0 Å². The van der Waals surface area contributed by atoms with Gasteiger partial charge in [-0.05, 0) is 72.7 Å². The van der Waals surface area contributed by atoms with Gasteiger partial charge in [-0.25, -0.2) is 4.98 Å². The third-order valence-corrected chi connectivity index (χ3v) is 5.72. The lowest BCUT2D eigenvalue weighted by atomic mass is 10.1. The molecule has 0 amide bonds. The van der Waals surface area contributed by atoms with Crippen molar-refractivity contribution in [2.24, 2.45) is 0 Å². The second-order valence-electron chi connectivity index (χ2n) is 6.23. The molecule has 8 heteroatoms. The van der Waals surface area contributed by atoms with Crippen LogP contribution in [0.1, 0.15) is 5.56 Å². The molecular formula is C22H22ClN3O2S2. The summed E-state index contributed by atoms with van der Waals surface area (Å²) in [5.41, 5.74) is 1.98. The van der Waals surface area contributed by atoms with Crippen molar-refractivity contribution in [3.05, 3.63) is 71.4 Å². The molecule has 0 atom stereocenters. The third-order valence-electron chi connectivity index (χ3n) is 4.19. The zero-order valence-corrected chi connectivity index (χ0v) is 19.0. The summed E-state index contributed by atoms with van der Waals surface area (Å²) in [4.78, 5) is 5.52. The quantitative estimate of drug-likeness (QED) is 0.435. The number of benzene rings is 2. The summed E-state index contributed by atoms with van der Waals surface area (Å²) < 4.78 is 10.6. The predicted molar refractivity (Wildman–Crippen MR) is 127 cm³/mol. The Hall–Kier alpha value is -2.48. The van der Waals surface area contributed by atoms with Crippen LogP contribution in [0.2, 0.25) is 5.02 Å². The highest BCUT2D eigenvalue weighted by Gasteiger charge is 2.08. The van der Waals surface area contributed by atoms with E-state index in [-0.39, 0.29) is 0 Å². The van der Waals surface area contributed by atoms with E-state index in [4.69, 9.17) is 33.3 Å². The lowest BCUT2D eigenvalue weighted by Crippen LogP contribution is -2.30. The Bertz CT molecular complexity index is 1000. The fourth-order valence-electron chi connectivity index (χ4n) is 2.70. The van der Waals surface area contributed by atoms with Crippen molar-refractivity contribution >= 4 is 46.4 Å². The standard InChI is InChI=1S/C22H22ClN3O2S2/c1-27-19-10-5-15(14-20(19)28-2)11-13-25-22(29)26-18-4-3-12-24-21(18)30-17-8-6-16(23)7-9-17/h3-10,12,14H,11,13H2,1-2H3,(H2,25,26,29). The minimum Gasteiger partial charge on any atom is -0.493 e. The van der Waals surface area contributed by atoms with E-state index in [2.05, 4.69) is 15.6 Å². The molecule has 3 rings (SSSR count). The highest BCUT2D eigenvalue weighted by molar-refractivity contribution is 7.99. The van der Waals surface area contributed by atoms with Gasteiger partial charge in [-0.15, -0.1) is 0 Å². The average molecular weight is 460 g/mol. The number of nitrogens with zero attached hydrogens (tertiary/aromatic N) is 1. The zero-order chi connectivity index (χ0) is 21.3. The van der Waals surface area contributed by atoms with Crippen LogP contribution < -0.4 is 20.1 Å². The van der Waals surface area contributed by atoms with Gasteiger partial charge in [0.25, 0.3) is 0 Å². The van der Waals surface area contributed by atoms with Gasteiger partial charge in [0, 0.05) is 22.7 Å². The molecule has 5 nitrogen and oxygen atoms in total. The average Bonchev–Trinajstić information content (AvgIpc) is 2.76. The largest absolute Gasteiger partial charge is 0.493 e. The molecule has 156 valence electrons. The first-order chi connectivity index (χ1) is 14.6. The van der Waals surface area contributed by atoms with Crippen LogP contribution in [-0.2, 0) is 6.42 Å². The summed E-state index contributed by atoms with van der Waals surface area (Å²) >= 11 is 13.0. The second kappa shape index (κ2) is 11.1. The van der Waals surface area contributed by atoms with Crippen LogP contribution in [0.15, 0.2) is 70.7 Å². The fraction of sp³-hybridized carbons (Fsp3) is 0.182. The summed E-state index contributed by atoms with van der Waals surface area (Å²) in [6.45, 7) is 0.682. The number of methoxy groups -OCH3 is 2. The Balaban J connectivity index is 1.56. The Labute approximate surface area is 191 Å². The van der Waals surface area contributed by atoms with E-state index in [9.17, 15) is 0 Å². The number of thiocarbonyl (C=S) groups is 1. The van der Waals surface area contributed by atoms with Gasteiger partial charge < -0.3 is 20.1 Å². The molecule has 3 aromatic rings. The SMILES string of the molecule is COc1ccc(CCNC(=S)Nc2cccnc2Sc2ccc(Cl)cc2)cc1OC. The molecule has 0 aliphatic heterocycles. The smallest absolute Gasteiger partial charge is 0.170 e. The van der Waals surface area contributed by atoms with E-state index in [0.29, 0.717) is 22.4 Å². The predicted octanol–water partition coefficient (Wildman–Crippen LogP) is 5.43. The molecule has 0 radical (unpaired) electrons. The normalized spacial score (nSPS) is 10.4. The van der Waals surface area contributed by atoms with Gasteiger partial charge in [-0.1, -0.05) is 29.4 Å². The molecule has 0 spiro atoms. The number of ether oxygens (including phenoxy) is 2. The van der Waals surface area contributed by atoms with Crippen molar-refractivity contribution in [1.29, 1.82) is 0 Å². The third kappa shape index (κ3) is 6.26. The number of rotatable bonds is 8. The summed E-state index contributed by atoms with van der Waals surface area (Å²) in [5.74, 6) is 1.43. The lowest BCUT2D eigenvalue weighted by molar-refractivity contribution is 0.354. The topological polar surface area (TPSA) is 55.4 Å². The zero-order valence-electron chi connectivity index (χ0n) is 16.6. The van der Waals surface area contributed by atoms with E-state index < -0.39 is 0 Å². The van der Waals surface area contributed by atoms with Gasteiger partial charge in [0.05, 0.1) is 19.9 Å². The Morgan fingerprint density at radius 1 is 1.07 bits per heavy atom. The monoisotopic (exact) mass is 459 g/mol. The van der Waals surface area contributed by atoms with E-state index in [0.717, 1.165) is 33.3 Å². The summed E-state index contributed by atoms with van der Waals surface area (Å²) in [6.07, 6.45) is 2.55. The maximum absolute atomic E-state index is 5.96. The summed E-state index contributed by atoms with van der Waals surface area (Å²) in [6, 6.07) is 17.4. The van der Waals surface area contributed by atoms with Crippen LogP contribution >= 0.6 is 35.6 Å². The van der Waals surface area contributed by atoms with Gasteiger partial charge in [-0.2, -0.15) is 0 Å². The Kier molecular flexibility index (Phi) is 8.19. The van der Waals surface area contributed by atoms with Gasteiger partial charge in [0.1, 0.15) is 5.03 Å². The fourth-order valence-corrected chi connectivity index (χ4v) is 3.88. The molecule has 0 aliphatic rings. The summed E-state index contributed by atoms with van der Waals surface area (Å²) in [7, 11) is 3.26. The number of pyridine rings is 1. The van der Waals surface area contributed by atoms with Crippen molar-refractivity contribution < 1.29 is 9.47 Å². The maximum atomic E-state index is 5.96. The van der Waals surface area contributed by atoms with Gasteiger partial charge in [-0.3, -0.25) is 0 Å². The lowest BCUT2D eigenvalue weighted by Gasteiger charge is -2.14. The Morgan fingerprint density at radius 3 is 2.57 bits per heavy atom. The van der Waals surface area contributed by atoms with Crippen LogP contribution in [-0.4, -0.2) is 30.9 Å². The number of aromatic nitrogens is 1. The van der Waals surface area contributed by atoms with Crippen LogP contribution in [0.25, 0.3) is 0 Å². The molecule has 0 saturated heterocycles. The highest BCUT2D eigenvalue weighted by Crippen LogP contribution is 2.32. The molecule has 0 unspecified atom stereocenters. The molecule has 0 saturated carbocycles. The maximum Gasteiger partial charge on any atom is 0.170 e. The van der Waals surface area contributed by atoms with Crippen molar-refractivity contribution in [2.45, 2.75) is 16.3 Å². The molecule has 0 bridgehead atoms. The number of hydrogen-bond donors (Lipinski definition) is 2. The summed E-state index contributed by atoms with van der Waals surface area (Å²) in [5, 5.41) is 8.56. The minimum atomic E-state index is 0.543. The molecular weight excluding hydrogens is 438 g/mol. The van der Waals surface area contributed by atoms with E-state index in [1.165, 1.54) is 0 Å². The highest BCUT2D eigenvalue weighted by atomic mass is 35.5. The molecule has 0 fully saturated rings. The molecule has 1 heterocycles. The first kappa shape index (κ1) is 22.2. The van der Waals surface area contributed by atoms with E-state index in [1.807, 2.05) is 54.6 Å². The van der Waals surface area contributed by atoms with Gasteiger partial charge in [0.2, 0.25) is 0 Å². The van der Waals surface area contributed by atoms with Crippen LogP contribution in [0, 0.1) is 0 Å². The molecule has 1 aromatic heterocycles. The van der Waals surface area contributed by atoms with Crippen LogP contribution in [0.5, 0.6) is 11.5 Å². The van der Waals surface area contributed by atoms with Crippen molar-refractivity contribution in [3.8, 4) is 11.5 Å². The van der Waals surface area contributed by atoms with Gasteiger partial charge in [0.15, 0.2) is 16.6 Å². The molecule has 2 aromatic carbocycles. The number of hydrogen-bond acceptors (Lipinski definition) is 5. The first-order valence-corrected chi connectivity index (χ1v) is 10.8. The molecule has 2 N–H and O–H groups in total. The first-order valence-electron chi connectivity index (χ1n) is 9.23. The van der Waals surface area contributed by atoms with Gasteiger partial charge >= 0.3 is 0 Å². The van der Waals surface area contributed by atoms with Crippen LogP contribution in [0.4, 0.5) is 5.69 Å². The molecule has 30 heavy (non-hydrogen) atoms. The number of anilines is 1. The van der Waals surface area contributed by atoms with Crippen molar-refractivity contribution in [1.82, 2.24) is 10.3 Å². The Morgan fingerprint density at radius 2 is 1.83 bits per heavy atom. The van der Waals surface area contributed by atoms with E-state index in [1.54, 1.807) is 32.2 Å².